The lowest BCUT2D eigenvalue weighted by Gasteiger charge is -2.21. The molecule has 1 aliphatic rings. The van der Waals surface area contributed by atoms with Crippen molar-refractivity contribution in [1.82, 2.24) is 10.6 Å². The van der Waals surface area contributed by atoms with Crippen LogP contribution in [0, 0.1) is 5.92 Å². The van der Waals surface area contributed by atoms with E-state index in [1.165, 1.54) is 5.56 Å². The van der Waals surface area contributed by atoms with Crippen LogP contribution in [0.3, 0.4) is 0 Å². The van der Waals surface area contributed by atoms with Gasteiger partial charge < -0.3 is 24.8 Å². The first-order chi connectivity index (χ1) is 14.4. The lowest BCUT2D eigenvalue weighted by Crippen LogP contribution is -2.38. The maximum absolute atomic E-state index is 5.79. The van der Waals surface area contributed by atoms with Crippen LogP contribution in [0.25, 0.3) is 0 Å². The van der Waals surface area contributed by atoms with Gasteiger partial charge in [0.15, 0.2) is 5.96 Å². The van der Waals surface area contributed by atoms with Crippen LogP contribution in [-0.2, 0) is 20.6 Å². The molecule has 0 aromatic heterocycles. The Hall–Kier alpha value is -1.63. The second kappa shape index (κ2) is 16.2. The molecule has 6 heteroatoms. The van der Waals surface area contributed by atoms with Crippen LogP contribution in [0.2, 0.25) is 0 Å². The normalized spacial score (nSPS) is 15.4. The average Bonchev–Trinajstić information content (AvgIpc) is 2.77. The van der Waals surface area contributed by atoms with Gasteiger partial charge in [0.25, 0.3) is 0 Å². The van der Waals surface area contributed by atoms with E-state index in [9.17, 15) is 0 Å². The second-order valence-corrected chi connectivity index (χ2v) is 7.47. The van der Waals surface area contributed by atoms with Crippen molar-refractivity contribution >= 4 is 5.96 Å². The molecule has 0 radical (unpaired) electrons. The monoisotopic (exact) mass is 405 g/mol. The number of guanidine groups is 1. The van der Waals surface area contributed by atoms with Gasteiger partial charge >= 0.3 is 0 Å². The van der Waals surface area contributed by atoms with E-state index < -0.39 is 0 Å². The Kier molecular flexibility index (Phi) is 13.2. The zero-order chi connectivity index (χ0) is 20.4. The number of hydrogen-bond acceptors (Lipinski definition) is 4. The molecule has 1 saturated heterocycles. The second-order valence-electron chi connectivity index (χ2n) is 7.47. The standard InChI is InChI=1S/C23H39N3O3/c1-24-23(26-14-7-16-29-20-22-11-18-28-19-12-22)25-13-5-6-15-27-17-10-21-8-3-2-4-9-21/h2-4,8-9,22H,5-7,10-20H2,1H3,(H2,24,25,26). The number of hydrogen-bond donors (Lipinski definition) is 2. The fourth-order valence-electron chi connectivity index (χ4n) is 3.24. The summed E-state index contributed by atoms with van der Waals surface area (Å²) in [4.78, 5) is 4.27. The van der Waals surface area contributed by atoms with Gasteiger partial charge in [-0.3, -0.25) is 4.99 Å². The maximum atomic E-state index is 5.79. The molecule has 164 valence electrons. The molecule has 0 amide bonds. The van der Waals surface area contributed by atoms with Crippen LogP contribution in [0.4, 0.5) is 0 Å². The fourth-order valence-corrected chi connectivity index (χ4v) is 3.24. The zero-order valence-corrected chi connectivity index (χ0v) is 18.0. The quantitative estimate of drug-likeness (QED) is 0.283. The predicted molar refractivity (Wildman–Crippen MR) is 119 cm³/mol. The Morgan fingerprint density at radius 2 is 1.69 bits per heavy atom. The Morgan fingerprint density at radius 3 is 2.45 bits per heavy atom. The van der Waals surface area contributed by atoms with Crippen molar-refractivity contribution in [3.05, 3.63) is 35.9 Å². The number of unbranched alkanes of at least 4 members (excludes halogenated alkanes) is 1. The van der Waals surface area contributed by atoms with E-state index in [1.54, 1.807) is 0 Å². The minimum atomic E-state index is 0.674. The first-order valence-corrected chi connectivity index (χ1v) is 11.1. The van der Waals surface area contributed by atoms with E-state index in [4.69, 9.17) is 14.2 Å². The van der Waals surface area contributed by atoms with Crippen LogP contribution in [0.15, 0.2) is 35.3 Å². The number of aliphatic imine (C=N–C) groups is 1. The van der Waals surface area contributed by atoms with Crippen molar-refractivity contribution in [2.45, 2.75) is 38.5 Å². The molecule has 0 unspecified atom stereocenters. The first-order valence-electron chi connectivity index (χ1n) is 11.1. The topological polar surface area (TPSA) is 64.1 Å². The third kappa shape index (κ3) is 11.8. The van der Waals surface area contributed by atoms with Crippen LogP contribution in [-0.4, -0.2) is 65.7 Å². The SMILES string of the molecule is CN=C(NCCCCOCCc1ccccc1)NCCCOCC1CCOCC1. The van der Waals surface area contributed by atoms with Gasteiger partial charge in [0, 0.05) is 53.2 Å². The highest BCUT2D eigenvalue weighted by Gasteiger charge is 2.13. The number of rotatable bonds is 14. The third-order valence-corrected chi connectivity index (χ3v) is 5.06. The molecule has 0 aliphatic carbocycles. The van der Waals surface area contributed by atoms with Gasteiger partial charge in [-0.2, -0.15) is 0 Å². The minimum absolute atomic E-state index is 0.674. The molecule has 29 heavy (non-hydrogen) atoms. The largest absolute Gasteiger partial charge is 0.381 e. The molecule has 1 aliphatic heterocycles. The van der Waals surface area contributed by atoms with Crippen molar-refractivity contribution < 1.29 is 14.2 Å². The lowest BCUT2D eigenvalue weighted by molar-refractivity contribution is 0.0203. The molecule has 1 heterocycles. The van der Waals surface area contributed by atoms with Crippen molar-refractivity contribution in [3.63, 3.8) is 0 Å². The van der Waals surface area contributed by atoms with Crippen LogP contribution < -0.4 is 10.6 Å². The molecule has 0 spiro atoms. The first kappa shape index (κ1) is 23.6. The summed E-state index contributed by atoms with van der Waals surface area (Å²) in [6.45, 7) is 6.81. The summed E-state index contributed by atoms with van der Waals surface area (Å²) >= 11 is 0. The smallest absolute Gasteiger partial charge is 0.190 e. The van der Waals surface area contributed by atoms with E-state index in [-0.39, 0.29) is 0 Å². The Balaban J connectivity index is 1.36. The number of ether oxygens (including phenoxy) is 3. The zero-order valence-electron chi connectivity index (χ0n) is 18.0. The maximum Gasteiger partial charge on any atom is 0.190 e. The average molecular weight is 406 g/mol. The van der Waals surface area contributed by atoms with Gasteiger partial charge in [0.2, 0.25) is 0 Å². The van der Waals surface area contributed by atoms with E-state index in [2.05, 4.69) is 39.9 Å². The number of nitrogens with zero attached hydrogens (tertiary/aromatic N) is 1. The Bertz CT molecular complexity index is 533. The summed E-state index contributed by atoms with van der Waals surface area (Å²) in [7, 11) is 1.81. The molecule has 0 saturated carbocycles. The molecule has 2 rings (SSSR count). The molecule has 1 aromatic carbocycles. The van der Waals surface area contributed by atoms with Crippen LogP contribution >= 0.6 is 0 Å². The molecule has 0 bridgehead atoms. The van der Waals surface area contributed by atoms with E-state index >= 15 is 0 Å². The van der Waals surface area contributed by atoms with Crippen LogP contribution in [0.5, 0.6) is 0 Å². The number of benzene rings is 1. The van der Waals surface area contributed by atoms with Gasteiger partial charge in [-0.25, -0.2) is 0 Å². The molecule has 6 nitrogen and oxygen atoms in total. The molecule has 1 aromatic rings. The molecular weight excluding hydrogens is 366 g/mol. The van der Waals surface area contributed by atoms with Gasteiger partial charge in [0.1, 0.15) is 0 Å². The molecular formula is C23H39N3O3. The summed E-state index contributed by atoms with van der Waals surface area (Å²) in [5, 5.41) is 6.70. The summed E-state index contributed by atoms with van der Waals surface area (Å²) in [6, 6.07) is 10.5. The Morgan fingerprint density at radius 1 is 0.966 bits per heavy atom. The van der Waals surface area contributed by atoms with Crippen molar-refractivity contribution in [2.24, 2.45) is 10.9 Å². The molecule has 0 atom stereocenters. The third-order valence-electron chi connectivity index (χ3n) is 5.06. The highest BCUT2D eigenvalue weighted by molar-refractivity contribution is 5.79. The van der Waals surface area contributed by atoms with Crippen molar-refractivity contribution in [2.75, 3.05) is 59.8 Å². The van der Waals surface area contributed by atoms with Gasteiger partial charge in [-0.1, -0.05) is 30.3 Å². The Labute approximate surface area is 176 Å². The van der Waals surface area contributed by atoms with Crippen LogP contribution in [0.1, 0.15) is 37.7 Å². The summed E-state index contributed by atoms with van der Waals surface area (Å²) in [5.41, 5.74) is 1.33. The van der Waals surface area contributed by atoms with Crippen molar-refractivity contribution in [3.8, 4) is 0 Å². The highest BCUT2D eigenvalue weighted by Crippen LogP contribution is 2.14. The lowest BCUT2D eigenvalue weighted by atomic mass is 10.0. The summed E-state index contributed by atoms with van der Waals surface area (Å²) < 4.78 is 16.9. The highest BCUT2D eigenvalue weighted by atomic mass is 16.5. The predicted octanol–water partition coefficient (Wildman–Crippen LogP) is 3.02. The van der Waals surface area contributed by atoms with Gasteiger partial charge in [-0.05, 0) is 50.0 Å². The molecule has 1 fully saturated rings. The van der Waals surface area contributed by atoms with E-state index in [0.29, 0.717) is 5.92 Å². The van der Waals surface area contributed by atoms with Gasteiger partial charge in [0.05, 0.1) is 6.61 Å². The van der Waals surface area contributed by atoms with E-state index in [1.807, 2.05) is 13.1 Å². The summed E-state index contributed by atoms with van der Waals surface area (Å²) in [6.07, 6.45) is 6.35. The van der Waals surface area contributed by atoms with Gasteiger partial charge in [-0.15, -0.1) is 0 Å². The van der Waals surface area contributed by atoms with E-state index in [0.717, 1.165) is 97.2 Å². The summed E-state index contributed by atoms with van der Waals surface area (Å²) in [5.74, 6) is 1.54. The number of nitrogens with one attached hydrogen (secondary N) is 2. The fraction of sp³-hybridized carbons (Fsp3) is 0.696. The van der Waals surface area contributed by atoms with Crippen molar-refractivity contribution in [1.29, 1.82) is 0 Å². The minimum Gasteiger partial charge on any atom is -0.381 e. The molecule has 2 N–H and O–H groups in total.